The molecule has 0 bridgehead atoms. The van der Waals surface area contributed by atoms with Crippen LogP contribution < -0.4 is 9.00 Å². The second kappa shape index (κ2) is 10.4. The van der Waals surface area contributed by atoms with E-state index in [9.17, 15) is 0 Å². The zero-order valence-corrected chi connectivity index (χ0v) is 30.0. The third-order valence-corrected chi connectivity index (χ3v) is 29.2. The van der Waals surface area contributed by atoms with Crippen LogP contribution in [0.4, 0.5) is 0 Å². The van der Waals surface area contributed by atoms with Crippen molar-refractivity contribution in [1.29, 1.82) is 0 Å². The van der Waals surface area contributed by atoms with Gasteiger partial charge in [0.15, 0.2) is 0 Å². The highest BCUT2D eigenvalue weighted by Crippen LogP contribution is 2.50. The fourth-order valence-corrected chi connectivity index (χ4v) is 29.9. The maximum Gasteiger partial charge on any atom is 0.107 e. The lowest BCUT2D eigenvalue weighted by Gasteiger charge is -2.42. The lowest BCUT2D eigenvalue weighted by atomic mass is 10.2. The lowest BCUT2D eigenvalue weighted by Crippen LogP contribution is -2.54. The molecule has 0 unspecified atom stereocenters. The van der Waals surface area contributed by atoms with E-state index in [1.165, 1.54) is 29.1 Å². The van der Waals surface area contributed by atoms with E-state index in [0.29, 0.717) is 0 Å². The number of fused-ring (bicyclic) bond motifs is 2. The molecule has 0 atom stereocenters. The molecule has 3 rings (SSSR count). The van der Waals surface area contributed by atoms with Gasteiger partial charge in [-0.2, -0.15) is 0 Å². The number of thiophene rings is 2. The summed E-state index contributed by atoms with van der Waals surface area (Å²) in [6.45, 7) is 29.7. The molecule has 0 amide bonds. The fraction of sp³-hybridized carbons (Fsp3) is 0.643. The lowest BCUT2D eigenvalue weighted by molar-refractivity contribution is 0.837. The second-order valence-corrected chi connectivity index (χ2v) is 28.3. The average molecular weight is 661 g/mol. The van der Waals surface area contributed by atoms with Crippen molar-refractivity contribution in [3.63, 3.8) is 0 Å². The minimum Gasteiger partial charge on any atom is -0.144 e. The van der Waals surface area contributed by atoms with E-state index in [1.807, 2.05) is 0 Å². The van der Waals surface area contributed by atoms with Gasteiger partial charge in [0.25, 0.3) is 0 Å². The Kier molecular flexibility index (Phi) is 8.87. The van der Waals surface area contributed by atoms with E-state index in [2.05, 4.69) is 150 Å². The molecular weight excluding hydrogens is 616 g/mol. The van der Waals surface area contributed by atoms with Crippen LogP contribution in [-0.4, -0.2) is 16.1 Å². The summed E-state index contributed by atoms with van der Waals surface area (Å²) in [5, 5.41) is 2.82. The molecule has 0 saturated heterocycles. The van der Waals surface area contributed by atoms with Crippen molar-refractivity contribution >= 4 is 99.9 Å². The van der Waals surface area contributed by atoms with Crippen molar-refractivity contribution < 1.29 is 0 Å². The van der Waals surface area contributed by atoms with E-state index in [0.717, 1.165) is 33.2 Å². The highest BCUT2D eigenvalue weighted by atomic mass is 79.9. The van der Waals surface area contributed by atoms with Crippen LogP contribution >= 0.6 is 54.5 Å². The standard InChI is InChI=1S/C28H44Br2S2Si2/c1-15(2)33(16(3)4,17(5)6)23-13-21-25(29)22-14-24(32-28(22)26(30)27(21)31-23)34(18(7)8,19(9)10)20(11)12/h13-20H,1-12H3. The van der Waals surface area contributed by atoms with Crippen LogP contribution in [0.25, 0.3) is 20.2 Å². The SMILES string of the molecule is CC(C)[Si](c1cc2c(Br)c3cc([Si](C(C)C)(C(C)C)C(C)C)sc3c(Br)c2s1)(C(C)C)C(C)C. The first kappa shape index (κ1) is 29.1. The van der Waals surface area contributed by atoms with Gasteiger partial charge in [0.2, 0.25) is 0 Å². The van der Waals surface area contributed by atoms with Gasteiger partial charge in [0.1, 0.15) is 16.1 Å². The quantitative estimate of drug-likeness (QED) is 0.211. The van der Waals surface area contributed by atoms with Gasteiger partial charge in [-0.1, -0.05) is 83.1 Å². The molecule has 0 aliphatic rings. The van der Waals surface area contributed by atoms with Crippen LogP contribution in [0.5, 0.6) is 0 Å². The van der Waals surface area contributed by atoms with Gasteiger partial charge in [-0.05, 0) is 86.2 Å². The van der Waals surface area contributed by atoms with Gasteiger partial charge >= 0.3 is 0 Å². The first-order valence-electron chi connectivity index (χ1n) is 13.0. The monoisotopic (exact) mass is 658 g/mol. The number of benzene rings is 1. The number of rotatable bonds is 8. The first-order valence-corrected chi connectivity index (χ1v) is 20.7. The summed E-state index contributed by atoms with van der Waals surface area (Å²) in [7, 11) is -3.37. The molecule has 0 nitrogen and oxygen atoms in total. The van der Waals surface area contributed by atoms with E-state index >= 15 is 0 Å². The molecule has 1 aromatic carbocycles. The highest BCUT2D eigenvalue weighted by molar-refractivity contribution is 9.11. The molecule has 34 heavy (non-hydrogen) atoms. The third-order valence-electron chi connectivity index (χ3n) is 8.92. The molecule has 2 aromatic heterocycles. The maximum absolute atomic E-state index is 4.13. The van der Waals surface area contributed by atoms with Crippen molar-refractivity contribution in [1.82, 2.24) is 0 Å². The Morgan fingerprint density at radius 2 is 0.765 bits per heavy atom. The minimum absolute atomic E-state index is 0.723. The van der Waals surface area contributed by atoms with Crippen LogP contribution in [0, 0.1) is 0 Å². The van der Waals surface area contributed by atoms with Crippen LogP contribution in [-0.2, 0) is 0 Å². The third kappa shape index (κ3) is 4.13. The Labute approximate surface area is 235 Å². The summed E-state index contributed by atoms with van der Waals surface area (Å²) in [6, 6.07) is 5.16. The van der Waals surface area contributed by atoms with Crippen LogP contribution in [0.2, 0.25) is 33.2 Å². The zero-order valence-electron chi connectivity index (χ0n) is 23.2. The molecule has 0 aliphatic carbocycles. The maximum atomic E-state index is 4.13. The number of hydrogen-bond acceptors (Lipinski definition) is 2. The van der Waals surface area contributed by atoms with Crippen molar-refractivity contribution in [2.24, 2.45) is 0 Å². The minimum atomic E-state index is -1.69. The van der Waals surface area contributed by atoms with Gasteiger partial charge < -0.3 is 0 Å². The molecule has 190 valence electrons. The zero-order chi connectivity index (χ0) is 25.9. The van der Waals surface area contributed by atoms with Crippen molar-refractivity contribution in [2.75, 3.05) is 0 Å². The normalized spacial score (nSPS) is 14.0. The van der Waals surface area contributed by atoms with Gasteiger partial charge in [0.05, 0.1) is 13.9 Å². The molecule has 6 heteroatoms. The largest absolute Gasteiger partial charge is 0.144 e. The molecule has 0 saturated carbocycles. The Hall–Kier alpha value is 0.534. The summed E-state index contributed by atoms with van der Waals surface area (Å²) in [4.78, 5) is 0. The molecule has 0 fully saturated rings. The van der Waals surface area contributed by atoms with Gasteiger partial charge in [0, 0.05) is 15.2 Å². The topological polar surface area (TPSA) is 0 Å². The van der Waals surface area contributed by atoms with E-state index in [4.69, 9.17) is 0 Å². The smallest absolute Gasteiger partial charge is 0.107 e. The summed E-state index contributed by atoms with van der Waals surface area (Å²) in [5.41, 5.74) is 4.34. The Balaban J connectivity index is 2.37. The number of hydrogen-bond donors (Lipinski definition) is 0. The van der Waals surface area contributed by atoms with Gasteiger partial charge in [-0.15, -0.1) is 22.7 Å². The summed E-state index contributed by atoms with van der Waals surface area (Å²) in [6.07, 6.45) is 0. The molecule has 0 radical (unpaired) electrons. The summed E-state index contributed by atoms with van der Waals surface area (Å²) in [5.74, 6) is 0. The molecule has 0 spiro atoms. The van der Waals surface area contributed by atoms with Crippen molar-refractivity contribution in [2.45, 2.75) is 116 Å². The van der Waals surface area contributed by atoms with Gasteiger partial charge in [-0.25, -0.2) is 0 Å². The van der Waals surface area contributed by atoms with Crippen molar-refractivity contribution in [3.05, 3.63) is 21.1 Å². The molecule has 0 N–H and O–H groups in total. The second-order valence-electron chi connectivity index (χ2n) is 12.1. The van der Waals surface area contributed by atoms with E-state index < -0.39 is 16.1 Å². The average Bonchev–Trinajstić information content (AvgIpc) is 3.31. The first-order chi connectivity index (χ1) is 15.7. The van der Waals surface area contributed by atoms with Crippen LogP contribution in [0.1, 0.15) is 83.1 Å². The van der Waals surface area contributed by atoms with Crippen molar-refractivity contribution in [3.8, 4) is 0 Å². The van der Waals surface area contributed by atoms with Crippen LogP contribution in [0.3, 0.4) is 0 Å². The van der Waals surface area contributed by atoms with E-state index in [1.54, 1.807) is 9.00 Å². The Morgan fingerprint density at radius 1 is 0.500 bits per heavy atom. The predicted molar refractivity (Wildman–Crippen MR) is 174 cm³/mol. The van der Waals surface area contributed by atoms with Crippen LogP contribution in [0.15, 0.2) is 21.1 Å². The predicted octanol–water partition coefficient (Wildman–Crippen LogP) is 11.4. The fourth-order valence-electron chi connectivity index (χ4n) is 7.82. The molecule has 2 heterocycles. The van der Waals surface area contributed by atoms with Gasteiger partial charge in [-0.3, -0.25) is 0 Å². The Morgan fingerprint density at radius 3 is 1.00 bits per heavy atom. The highest BCUT2D eigenvalue weighted by Gasteiger charge is 2.47. The Bertz CT molecular complexity index is 980. The summed E-state index contributed by atoms with van der Waals surface area (Å²) < 4.78 is 8.87. The van der Waals surface area contributed by atoms with E-state index in [-0.39, 0.29) is 0 Å². The number of halogens is 2. The summed E-state index contributed by atoms with van der Waals surface area (Å²) >= 11 is 12.4. The molecular formula is C28H44Br2S2Si2. The molecule has 3 aromatic rings. The molecule has 0 aliphatic heterocycles.